The van der Waals surface area contributed by atoms with Crippen molar-refractivity contribution in [3.8, 4) is 0 Å². The van der Waals surface area contributed by atoms with Crippen LogP contribution >= 0.6 is 27.3 Å². The second-order valence-electron chi connectivity index (χ2n) is 5.15. The number of hydrogen-bond acceptors (Lipinski definition) is 5. The molecule has 1 rings (SSSR count). The topological polar surface area (TPSA) is 67.4 Å². The molecular formula is C13H23BrN2O3S2. The van der Waals surface area contributed by atoms with Crippen molar-refractivity contribution < 1.29 is 13.2 Å². The Hall–Kier alpha value is 0.01000. The van der Waals surface area contributed by atoms with Crippen molar-refractivity contribution >= 4 is 37.3 Å². The third kappa shape index (κ3) is 5.96. The number of thiophene rings is 1. The number of hydrogen-bond donors (Lipinski definition) is 2. The maximum absolute atomic E-state index is 12.4. The maximum Gasteiger partial charge on any atom is 0.242 e. The van der Waals surface area contributed by atoms with Crippen LogP contribution in [0.3, 0.4) is 0 Å². The minimum atomic E-state index is -3.54. The first kappa shape index (κ1) is 19.1. The lowest BCUT2D eigenvalue weighted by atomic mass is 10.1. The SMILES string of the molecule is CCNCc1cc(S(=O)(=O)NCC(C)(C)OCC)c(Br)s1. The Labute approximate surface area is 139 Å². The first-order chi connectivity index (χ1) is 9.72. The van der Waals surface area contributed by atoms with Gasteiger partial charge in [-0.15, -0.1) is 11.3 Å². The average Bonchev–Trinajstić information content (AvgIpc) is 2.76. The molecule has 1 heterocycles. The summed E-state index contributed by atoms with van der Waals surface area (Å²) in [5, 5.41) is 3.18. The van der Waals surface area contributed by atoms with Crippen molar-refractivity contribution in [1.82, 2.24) is 10.0 Å². The Kier molecular flexibility index (Phi) is 7.29. The lowest BCUT2D eigenvalue weighted by Gasteiger charge is -2.24. The summed E-state index contributed by atoms with van der Waals surface area (Å²) >= 11 is 4.76. The highest BCUT2D eigenvalue weighted by Crippen LogP contribution is 2.31. The van der Waals surface area contributed by atoms with Crippen LogP contribution < -0.4 is 10.0 Å². The van der Waals surface area contributed by atoms with Gasteiger partial charge < -0.3 is 10.1 Å². The Morgan fingerprint density at radius 2 is 2.05 bits per heavy atom. The van der Waals surface area contributed by atoms with Crippen LogP contribution in [0.25, 0.3) is 0 Å². The van der Waals surface area contributed by atoms with Crippen molar-refractivity contribution in [3.05, 3.63) is 14.7 Å². The van der Waals surface area contributed by atoms with E-state index in [1.807, 2.05) is 27.7 Å². The third-order valence-corrected chi connectivity index (χ3v) is 6.42. The zero-order valence-corrected chi connectivity index (χ0v) is 16.0. The number of halogens is 1. The van der Waals surface area contributed by atoms with E-state index in [2.05, 4.69) is 26.0 Å². The van der Waals surface area contributed by atoms with Gasteiger partial charge in [-0.05, 0) is 49.3 Å². The summed E-state index contributed by atoms with van der Waals surface area (Å²) in [6.45, 7) is 9.91. The van der Waals surface area contributed by atoms with E-state index in [1.165, 1.54) is 11.3 Å². The van der Waals surface area contributed by atoms with Crippen LogP contribution in [0.2, 0.25) is 0 Å². The first-order valence-electron chi connectivity index (χ1n) is 6.84. The van der Waals surface area contributed by atoms with Crippen LogP contribution in [-0.2, 0) is 21.3 Å². The largest absolute Gasteiger partial charge is 0.375 e. The molecular weight excluding hydrogens is 376 g/mol. The summed E-state index contributed by atoms with van der Waals surface area (Å²) < 4.78 is 33.5. The summed E-state index contributed by atoms with van der Waals surface area (Å²) in [7, 11) is -3.54. The summed E-state index contributed by atoms with van der Waals surface area (Å²) in [5.41, 5.74) is -0.531. The zero-order valence-electron chi connectivity index (χ0n) is 12.8. The van der Waals surface area contributed by atoms with E-state index in [4.69, 9.17) is 4.74 Å². The molecule has 0 saturated heterocycles. The van der Waals surface area contributed by atoms with E-state index in [-0.39, 0.29) is 11.4 Å². The molecule has 8 heteroatoms. The molecule has 1 aromatic rings. The van der Waals surface area contributed by atoms with Gasteiger partial charge in [0.2, 0.25) is 10.0 Å². The molecule has 0 atom stereocenters. The van der Waals surface area contributed by atoms with Gasteiger partial charge in [0.1, 0.15) is 4.90 Å². The molecule has 0 radical (unpaired) electrons. The van der Waals surface area contributed by atoms with Crippen molar-refractivity contribution in [1.29, 1.82) is 0 Å². The van der Waals surface area contributed by atoms with Crippen molar-refractivity contribution in [3.63, 3.8) is 0 Å². The summed E-state index contributed by atoms with van der Waals surface area (Å²) in [4.78, 5) is 1.26. The fourth-order valence-electron chi connectivity index (χ4n) is 1.70. The quantitative estimate of drug-likeness (QED) is 0.670. The van der Waals surface area contributed by atoms with Crippen molar-refractivity contribution in [2.24, 2.45) is 0 Å². The molecule has 122 valence electrons. The Bertz CT molecular complexity index is 556. The van der Waals surface area contributed by atoms with E-state index >= 15 is 0 Å². The second kappa shape index (κ2) is 8.03. The van der Waals surface area contributed by atoms with E-state index in [1.54, 1.807) is 6.07 Å². The summed E-state index contributed by atoms with van der Waals surface area (Å²) in [5.74, 6) is 0. The van der Waals surface area contributed by atoms with Crippen LogP contribution in [0, 0.1) is 0 Å². The van der Waals surface area contributed by atoms with Gasteiger partial charge >= 0.3 is 0 Å². The van der Waals surface area contributed by atoms with Gasteiger partial charge in [-0.25, -0.2) is 13.1 Å². The number of nitrogens with one attached hydrogen (secondary N) is 2. The zero-order chi connectivity index (χ0) is 16.1. The molecule has 0 aliphatic heterocycles. The lowest BCUT2D eigenvalue weighted by molar-refractivity contribution is -0.00515. The minimum Gasteiger partial charge on any atom is -0.375 e. The number of sulfonamides is 1. The molecule has 0 aliphatic rings. The molecule has 0 fully saturated rings. The highest BCUT2D eigenvalue weighted by molar-refractivity contribution is 9.11. The Morgan fingerprint density at radius 1 is 1.38 bits per heavy atom. The van der Waals surface area contributed by atoms with Crippen LogP contribution in [-0.4, -0.2) is 33.7 Å². The minimum absolute atomic E-state index is 0.230. The van der Waals surface area contributed by atoms with Gasteiger partial charge in [-0.2, -0.15) is 0 Å². The predicted octanol–water partition coefficient (Wildman–Crippen LogP) is 2.71. The van der Waals surface area contributed by atoms with E-state index in [0.29, 0.717) is 16.9 Å². The molecule has 2 N–H and O–H groups in total. The van der Waals surface area contributed by atoms with Gasteiger partial charge in [0.05, 0.1) is 9.39 Å². The lowest BCUT2D eigenvalue weighted by Crippen LogP contribution is -2.40. The van der Waals surface area contributed by atoms with E-state index in [9.17, 15) is 8.42 Å². The molecule has 1 aromatic heterocycles. The average molecular weight is 399 g/mol. The summed E-state index contributed by atoms with van der Waals surface area (Å²) in [6.07, 6.45) is 0. The number of ether oxygens (including phenoxy) is 1. The molecule has 0 amide bonds. The fourth-order valence-corrected chi connectivity index (χ4v) is 5.55. The predicted molar refractivity (Wildman–Crippen MR) is 90.3 cm³/mol. The molecule has 0 bridgehead atoms. The molecule has 21 heavy (non-hydrogen) atoms. The Morgan fingerprint density at radius 3 is 2.62 bits per heavy atom. The smallest absolute Gasteiger partial charge is 0.242 e. The van der Waals surface area contributed by atoms with Crippen molar-refractivity contribution in [2.75, 3.05) is 19.7 Å². The van der Waals surface area contributed by atoms with Gasteiger partial charge in [-0.3, -0.25) is 0 Å². The van der Waals surface area contributed by atoms with E-state index in [0.717, 1.165) is 11.4 Å². The third-order valence-electron chi connectivity index (χ3n) is 2.77. The van der Waals surface area contributed by atoms with Crippen LogP contribution in [0.4, 0.5) is 0 Å². The van der Waals surface area contributed by atoms with Gasteiger partial charge in [-0.1, -0.05) is 6.92 Å². The highest BCUT2D eigenvalue weighted by Gasteiger charge is 2.25. The van der Waals surface area contributed by atoms with Crippen molar-refractivity contribution in [2.45, 2.75) is 44.7 Å². The van der Waals surface area contributed by atoms with Crippen LogP contribution in [0.1, 0.15) is 32.6 Å². The highest BCUT2D eigenvalue weighted by atomic mass is 79.9. The van der Waals surface area contributed by atoms with E-state index < -0.39 is 15.6 Å². The molecule has 0 unspecified atom stereocenters. The molecule has 5 nitrogen and oxygen atoms in total. The molecule has 0 spiro atoms. The summed E-state index contributed by atoms with van der Waals surface area (Å²) in [6, 6.07) is 1.70. The molecule has 0 saturated carbocycles. The normalized spacial score (nSPS) is 12.8. The van der Waals surface area contributed by atoms with Crippen LogP contribution in [0.15, 0.2) is 14.7 Å². The maximum atomic E-state index is 12.4. The standard InChI is InChI=1S/C13H23BrN2O3S2/c1-5-15-8-10-7-11(12(14)20-10)21(17,18)16-9-13(3,4)19-6-2/h7,15-16H,5-6,8-9H2,1-4H3. The molecule has 0 aliphatic carbocycles. The van der Waals surface area contributed by atoms with Gasteiger partial charge in [0, 0.05) is 24.6 Å². The van der Waals surface area contributed by atoms with Gasteiger partial charge in [0.15, 0.2) is 0 Å². The number of rotatable bonds is 9. The van der Waals surface area contributed by atoms with Crippen LogP contribution in [0.5, 0.6) is 0 Å². The van der Waals surface area contributed by atoms with Gasteiger partial charge in [0.25, 0.3) is 0 Å². The fraction of sp³-hybridized carbons (Fsp3) is 0.692. The molecule has 0 aromatic carbocycles. The first-order valence-corrected chi connectivity index (χ1v) is 9.93. The Balaban J connectivity index is 2.81. The second-order valence-corrected chi connectivity index (χ2v) is 9.34. The monoisotopic (exact) mass is 398 g/mol.